The lowest BCUT2D eigenvalue weighted by Gasteiger charge is -2.33. The number of hydrogen-bond donors (Lipinski definition) is 1. The van der Waals surface area contributed by atoms with Crippen molar-refractivity contribution < 1.29 is 9.53 Å². The molecule has 1 rings (SSSR count). The van der Waals surface area contributed by atoms with Gasteiger partial charge in [0.05, 0.1) is 0 Å². The molecule has 1 aliphatic heterocycles. The number of hydrogen-bond acceptors (Lipinski definition) is 3. The topological polar surface area (TPSA) is 41.6 Å². The highest BCUT2D eigenvalue weighted by Crippen LogP contribution is 2.19. The van der Waals surface area contributed by atoms with Crippen LogP contribution in [0.5, 0.6) is 0 Å². The van der Waals surface area contributed by atoms with Crippen molar-refractivity contribution in [3.8, 4) is 0 Å². The zero-order valence-corrected chi connectivity index (χ0v) is 14.6. The van der Waals surface area contributed by atoms with Crippen LogP contribution in [0.1, 0.15) is 60.3 Å². The molecule has 0 aromatic rings. The fourth-order valence-corrected chi connectivity index (χ4v) is 2.59. The molecule has 0 radical (unpaired) electrons. The van der Waals surface area contributed by atoms with Crippen molar-refractivity contribution >= 4 is 6.09 Å². The van der Waals surface area contributed by atoms with Crippen molar-refractivity contribution in [1.29, 1.82) is 0 Å². The summed E-state index contributed by atoms with van der Waals surface area (Å²) >= 11 is 0. The molecule has 0 aliphatic carbocycles. The van der Waals surface area contributed by atoms with Gasteiger partial charge in [0.1, 0.15) is 5.60 Å². The fourth-order valence-electron chi connectivity index (χ4n) is 2.59. The van der Waals surface area contributed by atoms with Gasteiger partial charge in [-0.3, -0.25) is 0 Å². The second-order valence-electron chi connectivity index (χ2n) is 7.65. The molecule has 0 saturated carbocycles. The van der Waals surface area contributed by atoms with Gasteiger partial charge in [-0.25, -0.2) is 4.79 Å². The largest absolute Gasteiger partial charge is 0.444 e. The standard InChI is InChI=1S/C17H34N2O2/c1-14(2)7-6-10-18-13-15-8-11-19(12-9-15)16(20)21-17(3,4)5/h14-15,18H,6-13H2,1-5H3. The van der Waals surface area contributed by atoms with Crippen molar-refractivity contribution in [2.75, 3.05) is 26.2 Å². The molecule has 1 saturated heterocycles. The number of piperidine rings is 1. The lowest BCUT2D eigenvalue weighted by atomic mass is 9.97. The van der Waals surface area contributed by atoms with Crippen LogP contribution < -0.4 is 5.32 Å². The van der Waals surface area contributed by atoms with Crippen LogP contribution in [0.3, 0.4) is 0 Å². The maximum Gasteiger partial charge on any atom is 0.410 e. The second kappa shape index (κ2) is 8.62. The van der Waals surface area contributed by atoms with Crippen molar-refractivity contribution in [1.82, 2.24) is 10.2 Å². The third-order valence-electron chi connectivity index (χ3n) is 3.83. The lowest BCUT2D eigenvalue weighted by molar-refractivity contribution is 0.0184. The second-order valence-corrected chi connectivity index (χ2v) is 7.65. The van der Waals surface area contributed by atoms with Gasteiger partial charge in [-0.1, -0.05) is 13.8 Å². The summed E-state index contributed by atoms with van der Waals surface area (Å²) in [7, 11) is 0. The monoisotopic (exact) mass is 298 g/mol. The summed E-state index contributed by atoms with van der Waals surface area (Å²) in [6.45, 7) is 14.1. The van der Waals surface area contributed by atoms with Gasteiger partial charge in [-0.05, 0) is 71.4 Å². The molecular formula is C17H34N2O2. The molecule has 1 aliphatic rings. The first-order chi connectivity index (χ1) is 9.78. The number of carbonyl (C=O) groups is 1. The predicted molar refractivity (Wildman–Crippen MR) is 87.5 cm³/mol. The summed E-state index contributed by atoms with van der Waals surface area (Å²) in [6, 6.07) is 0. The fraction of sp³-hybridized carbons (Fsp3) is 0.941. The molecule has 1 N–H and O–H groups in total. The van der Waals surface area contributed by atoms with Crippen LogP contribution >= 0.6 is 0 Å². The molecule has 4 nitrogen and oxygen atoms in total. The first-order valence-corrected chi connectivity index (χ1v) is 8.46. The van der Waals surface area contributed by atoms with Gasteiger partial charge in [0.15, 0.2) is 0 Å². The average Bonchev–Trinajstić information content (AvgIpc) is 2.36. The van der Waals surface area contributed by atoms with Gasteiger partial charge in [-0.15, -0.1) is 0 Å². The van der Waals surface area contributed by atoms with E-state index < -0.39 is 5.60 Å². The van der Waals surface area contributed by atoms with E-state index >= 15 is 0 Å². The molecule has 124 valence electrons. The van der Waals surface area contributed by atoms with Crippen LogP contribution in [0.2, 0.25) is 0 Å². The number of rotatable bonds is 6. The highest BCUT2D eigenvalue weighted by Gasteiger charge is 2.26. The van der Waals surface area contributed by atoms with E-state index in [1.165, 1.54) is 12.8 Å². The first kappa shape index (κ1) is 18.3. The van der Waals surface area contributed by atoms with Gasteiger partial charge in [0.25, 0.3) is 0 Å². The molecule has 1 heterocycles. The van der Waals surface area contributed by atoms with Crippen LogP contribution in [0.4, 0.5) is 4.79 Å². The third kappa shape index (κ3) is 8.30. The normalized spacial score (nSPS) is 17.3. The van der Waals surface area contributed by atoms with E-state index in [1.807, 2.05) is 25.7 Å². The molecule has 1 fully saturated rings. The van der Waals surface area contributed by atoms with Gasteiger partial charge >= 0.3 is 6.09 Å². The number of carbonyl (C=O) groups excluding carboxylic acids is 1. The Morgan fingerprint density at radius 1 is 1.29 bits per heavy atom. The van der Waals surface area contributed by atoms with E-state index in [2.05, 4.69) is 19.2 Å². The van der Waals surface area contributed by atoms with E-state index in [0.717, 1.165) is 44.9 Å². The maximum atomic E-state index is 12.0. The number of nitrogens with one attached hydrogen (secondary N) is 1. The number of likely N-dealkylation sites (tertiary alicyclic amines) is 1. The molecule has 0 unspecified atom stereocenters. The summed E-state index contributed by atoms with van der Waals surface area (Å²) in [5.74, 6) is 1.49. The molecular weight excluding hydrogens is 264 g/mol. The third-order valence-corrected chi connectivity index (χ3v) is 3.83. The number of ether oxygens (including phenoxy) is 1. The maximum absolute atomic E-state index is 12.0. The number of nitrogens with zero attached hydrogens (tertiary/aromatic N) is 1. The highest BCUT2D eigenvalue weighted by molar-refractivity contribution is 5.68. The molecule has 0 bridgehead atoms. The zero-order chi connectivity index (χ0) is 15.9. The summed E-state index contributed by atoms with van der Waals surface area (Å²) in [5, 5.41) is 3.56. The van der Waals surface area contributed by atoms with Crippen molar-refractivity contribution in [3.63, 3.8) is 0 Å². The summed E-state index contributed by atoms with van der Waals surface area (Å²) in [4.78, 5) is 13.8. The Labute approximate surface area is 130 Å². The Balaban J connectivity index is 2.13. The van der Waals surface area contributed by atoms with E-state index in [1.54, 1.807) is 0 Å². The minimum atomic E-state index is -0.397. The Bertz CT molecular complexity index is 302. The van der Waals surface area contributed by atoms with E-state index in [9.17, 15) is 4.79 Å². The van der Waals surface area contributed by atoms with Crippen LogP contribution in [0.25, 0.3) is 0 Å². The summed E-state index contributed by atoms with van der Waals surface area (Å²) < 4.78 is 5.42. The van der Waals surface area contributed by atoms with Crippen LogP contribution in [0, 0.1) is 11.8 Å². The molecule has 0 aromatic carbocycles. The SMILES string of the molecule is CC(C)CCCNCC1CCN(C(=O)OC(C)(C)C)CC1. The molecule has 0 spiro atoms. The first-order valence-electron chi connectivity index (χ1n) is 8.46. The zero-order valence-electron chi connectivity index (χ0n) is 14.6. The molecule has 4 heteroatoms. The van der Waals surface area contributed by atoms with Gasteiger partial charge < -0.3 is 15.0 Å². The smallest absolute Gasteiger partial charge is 0.410 e. The van der Waals surface area contributed by atoms with Crippen molar-refractivity contribution in [2.45, 2.75) is 65.9 Å². The lowest BCUT2D eigenvalue weighted by Crippen LogP contribution is -2.43. The van der Waals surface area contributed by atoms with Crippen LogP contribution in [-0.2, 0) is 4.74 Å². The Morgan fingerprint density at radius 3 is 2.43 bits per heavy atom. The Kier molecular flexibility index (Phi) is 7.50. The van der Waals surface area contributed by atoms with Crippen LogP contribution in [0.15, 0.2) is 0 Å². The van der Waals surface area contributed by atoms with E-state index in [0.29, 0.717) is 5.92 Å². The molecule has 1 amide bonds. The Morgan fingerprint density at radius 2 is 1.90 bits per heavy atom. The minimum absolute atomic E-state index is 0.161. The number of amides is 1. The van der Waals surface area contributed by atoms with Crippen molar-refractivity contribution in [3.05, 3.63) is 0 Å². The quantitative estimate of drug-likeness (QED) is 0.761. The molecule has 0 atom stereocenters. The molecule has 0 aromatic heterocycles. The van der Waals surface area contributed by atoms with E-state index in [-0.39, 0.29) is 6.09 Å². The highest BCUT2D eigenvalue weighted by atomic mass is 16.6. The van der Waals surface area contributed by atoms with E-state index in [4.69, 9.17) is 4.74 Å². The predicted octanol–water partition coefficient (Wildman–Crippen LogP) is 3.66. The van der Waals surface area contributed by atoms with Gasteiger partial charge in [0.2, 0.25) is 0 Å². The van der Waals surface area contributed by atoms with Crippen LogP contribution in [-0.4, -0.2) is 42.8 Å². The Hall–Kier alpha value is -0.770. The van der Waals surface area contributed by atoms with Crippen molar-refractivity contribution in [2.24, 2.45) is 11.8 Å². The van der Waals surface area contributed by atoms with Gasteiger partial charge in [0, 0.05) is 13.1 Å². The summed E-state index contributed by atoms with van der Waals surface area (Å²) in [6.07, 6.45) is 4.55. The summed E-state index contributed by atoms with van der Waals surface area (Å²) in [5.41, 5.74) is -0.397. The average molecular weight is 298 g/mol. The minimum Gasteiger partial charge on any atom is -0.444 e. The molecule has 21 heavy (non-hydrogen) atoms. The van der Waals surface area contributed by atoms with Gasteiger partial charge in [-0.2, -0.15) is 0 Å².